The van der Waals surface area contributed by atoms with Crippen LogP contribution in [0, 0.1) is 0 Å². The fourth-order valence-electron chi connectivity index (χ4n) is 2.36. The number of anilines is 1. The molecule has 110 valence electrons. The molecular formula is C15H22N2O3. The number of carbonyl (C=O) groups excluding carboxylic acids is 1. The number of rotatable bonds is 4. The maximum atomic E-state index is 11.8. The maximum absolute atomic E-state index is 11.8. The van der Waals surface area contributed by atoms with Crippen LogP contribution < -0.4 is 4.90 Å². The Kier molecular flexibility index (Phi) is 4.98. The van der Waals surface area contributed by atoms with Crippen molar-refractivity contribution in [1.29, 1.82) is 0 Å². The molecule has 20 heavy (non-hydrogen) atoms. The van der Waals surface area contributed by atoms with Crippen molar-refractivity contribution in [2.45, 2.75) is 20.0 Å². The molecule has 1 aromatic carbocycles. The molecule has 1 heterocycles. The van der Waals surface area contributed by atoms with Crippen LogP contribution in [0.2, 0.25) is 0 Å². The van der Waals surface area contributed by atoms with E-state index in [1.54, 1.807) is 6.07 Å². The Morgan fingerprint density at radius 3 is 2.40 bits per heavy atom. The van der Waals surface area contributed by atoms with Crippen LogP contribution in [-0.2, 0) is 9.57 Å². The Balaban J connectivity index is 2.05. The number of para-hydroxylation sites is 1. The van der Waals surface area contributed by atoms with E-state index in [2.05, 4.69) is 4.90 Å². The summed E-state index contributed by atoms with van der Waals surface area (Å²) < 4.78 is 4.84. The van der Waals surface area contributed by atoms with Crippen LogP contribution in [0.5, 0.6) is 0 Å². The zero-order valence-electron chi connectivity index (χ0n) is 12.3. The maximum Gasteiger partial charge on any atom is 0.339 e. The smallest absolute Gasteiger partial charge is 0.339 e. The second-order valence-electron chi connectivity index (χ2n) is 5.08. The van der Waals surface area contributed by atoms with Crippen molar-refractivity contribution < 1.29 is 14.4 Å². The highest BCUT2D eigenvalue weighted by Crippen LogP contribution is 2.22. The van der Waals surface area contributed by atoms with Crippen LogP contribution in [0.15, 0.2) is 24.3 Å². The summed E-state index contributed by atoms with van der Waals surface area (Å²) in [6, 6.07) is 7.57. The van der Waals surface area contributed by atoms with E-state index in [0.717, 1.165) is 31.9 Å². The highest BCUT2D eigenvalue weighted by molar-refractivity contribution is 5.95. The summed E-state index contributed by atoms with van der Waals surface area (Å²) >= 11 is 0. The minimum atomic E-state index is -0.290. The first-order valence-corrected chi connectivity index (χ1v) is 6.96. The highest BCUT2D eigenvalue weighted by atomic mass is 16.7. The number of piperazine rings is 1. The number of hydrogen-bond acceptors (Lipinski definition) is 5. The summed E-state index contributed by atoms with van der Waals surface area (Å²) in [5, 5.41) is 1.99. The Labute approximate surface area is 120 Å². The molecule has 1 aliphatic rings. The molecule has 1 aliphatic heterocycles. The Morgan fingerprint density at radius 1 is 1.15 bits per heavy atom. The lowest BCUT2D eigenvalue weighted by molar-refractivity contribution is -0.189. The third-order valence-corrected chi connectivity index (χ3v) is 3.25. The third kappa shape index (κ3) is 3.49. The van der Waals surface area contributed by atoms with Crippen molar-refractivity contribution in [3.05, 3.63) is 29.8 Å². The van der Waals surface area contributed by atoms with Crippen LogP contribution in [-0.4, -0.2) is 50.4 Å². The predicted molar refractivity (Wildman–Crippen MR) is 77.8 cm³/mol. The molecule has 0 spiro atoms. The number of nitrogens with zero attached hydrogens (tertiary/aromatic N) is 2. The molecule has 5 heteroatoms. The van der Waals surface area contributed by atoms with E-state index in [1.807, 2.05) is 37.1 Å². The molecule has 0 unspecified atom stereocenters. The molecule has 0 aliphatic carbocycles. The minimum Gasteiger partial charge on any atom is -0.465 e. The number of esters is 1. The van der Waals surface area contributed by atoms with Crippen molar-refractivity contribution in [3.63, 3.8) is 0 Å². The van der Waals surface area contributed by atoms with Gasteiger partial charge in [0.15, 0.2) is 0 Å². The van der Waals surface area contributed by atoms with Crippen molar-refractivity contribution in [2.75, 3.05) is 38.2 Å². The number of hydrogen-bond donors (Lipinski definition) is 0. The Bertz CT molecular complexity index is 454. The molecule has 0 aromatic heterocycles. The fraction of sp³-hybridized carbons (Fsp3) is 0.533. The zero-order chi connectivity index (χ0) is 14.5. The van der Waals surface area contributed by atoms with Gasteiger partial charge in [-0.1, -0.05) is 12.1 Å². The van der Waals surface area contributed by atoms with Gasteiger partial charge in [-0.15, -0.1) is 0 Å². The number of carbonyl (C=O) groups is 1. The summed E-state index contributed by atoms with van der Waals surface area (Å²) in [6.07, 6.45) is 0.198. The lowest BCUT2D eigenvalue weighted by Gasteiger charge is -2.36. The van der Waals surface area contributed by atoms with Crippen molar-refractivity contribution in [1.82, 2.24) is 5.06 Å². The molecule has 0 saturated carbocycles. The molecule has 0 atom stereocenters. The molecule has 0 radical (unpaired) electrons. The molecule has 1 fully saturated rings. The first-order chi connectivity index (χ1) is 9.61. The lowest BCUT2D eigenvalue weighted by Crippen LogP contribution is -2.47. The molecule has 2 rings (SSSR count). The molecule has 0 amide bonds. The zero-order valence-corrected chi connectivity index (χ0v) is 12.3. The molecular weight excluding hydrogens is 256 g/mol. The van der Waals surface area contributed by atoms with Gasteiger partial charge in [0, 0.05) is 26.2 Å². The van der Waals surface area contributed by atoms with Gasteiger partial charge >= 0.3 is 5.97 Å². The van der Waals surface area contributed by atoms with Crippen molar-refractivity contribution >= 4 is 11.7 Å². The van der Waals surface area contributed by atoms with Crippen LogP contribution in [0.4, 0.5) is 5.69 Å². The normalized spacial score (nSPS) is 16.5. The SMILES string of the molecule is COC(=O)c1ccccc1N1CCN(OC(C)C)CC1. The summed E-state index contributed by atoms with van der Waals surface area (Å²) in [4.78, 5) is 19.7. The Hall–Kier alpha value is -1.59. The second kappa shape index (κ2) is 6.72. The monoisotopic (exact) mass is 278 g/mol. The summed E-state index contributed by atoms with van der Waals surface area (Å²) in [6.45, 7) is 7.38. The van der Waals surface area contributed by atoms with Crippen LogP contribution in [0.3, 0.4) is 0 Å². The summed E-state index contributed by atoms with van der Waals surface area (Å²) in [7, 11) is 1.41. The van der Waals surface area contributed by atoms with Crippen molar-refractivity contribution in [2.24, 2.45) is 0 Å². The van der Waals surface area contributed by atoms with Gasteiger partial charge in [0.25, 0.3) is 0 Å². The van der Waals surface area contributed by atoms with Crippen molar-refractivity contribution in [3.8, 4) is 0 Å². The van der Waals surface area contributed by atoms with Gasteiger partial charge in [0.2, 0.25) is 0 Å². The molecule has 1 saturated heterocycles. The van der Waals surface area contributed by atoms with Gasteiger partial charge in [0.1, 0.15) is 0 Å². The van der Waals surface area contributed by atoms with E-state index < -0.39 is 0 Å². The van der Waals surface area contributed by atoms with Gasteiger partial charge in [-0.25, -0.2) is 4.79 Å². The number of ether oxygens (including phenoxy) is 1. The average molecular weight is 278 g/mol. The van der Waals surface area contributed by atoms with E-state index in [-0.39, 0.29) is 12.1 Å². The first-order valence-electron chi connectivity index (χ1n) is 6.96. The standard InChI is InChI=1S/C15H22N2O3/c1-12(2)20-17-10-8-16(9-11-17)14-7-5-4-6-13(14)15(18)19-3/h4-7,12H,8-11H2,1-3H3. The average Bonchev–Trinajstić information content (AvgIpc) is 2.46. The van der Waals surface area contributed by atoms with Gasteiger partial charge in [-0.3, -0.25) is 4.84 Å². The van der Waals surface area contributed by atoms with Crippen LogP contribution in [0.1, 0.15) is 24.2 Å². The van der Waals surface area contributed by atoms with Crippen LogP contribution in [0.25, 0.3) is 0 Å². The largest absolute Gasteiger partial charge is 0.465 e. The number of hydroxylamine groups is 2. The molecule has 0 bridgehead atoms. The predicted octanol–water partition coefficient (Wildman–Crippen LogP) is 1.94. The van der Waals surface area contributed by atoms with E-state index in [0.29, 0.717) is 5.56 Å². The molecule has 1 aromatic rings. The van der Waals surface area contributed by atoms with Gasteiger partial charge < -0.3 is 9.64 Å². The van der Waals surface area contributed by atoms with E-state index in [9.17, 15) is 4.79 Å². The second-order valence-corrected chi connectivity index (χ2v) is 5.08. The molecule has 0 N–H and O–H groups in total. The third-order valence-electron chi connectivity index (χ3n) is 3.25. The molecule has 5 nitrogen and oxygen atoms in total. The lowest BCUT2D eigenvalue weighted by atomic mass is 10.1. The summed E-state index contributed by atoms with van der Waals surface area (Å²) in [5.41, 5.74) is 1.55. The fourth-order valence-corrected chi connectivity index (χ4v) is 2.36. The summed E-state index contributed by atoms with van der Waals surface area (Å²) in [5.74, 6) is -0.290. The topological polar surface area (TPSA) is 42.0 Å². The number of benzene rings is 1. The van der Waals surface area contributed by atoms with Gasteiger partial charge in [0.05, 0.1) is 24.5 Å². The number of methoxy groups -OCH3 is 1. The quantitative estimate of drug-likeness (QED) is 0.787. The van der Waals surface area contributed by atoms with E-state index in [1.165, 1.54) is 7.11 Å². The first kappa shape index (κ1) is 14.8. The Morgan fingerprint density at radius 2 is 1.80 bits per heavy atom. The van der Waals surface area contributed by atoms with Gasteiger partial charge in [-0.05, 0) is 26.0 Å². The van der Waals surface area contributed by atoms with E-state index >= 15 is 0 Å². The van der Waals surface area contributed by atoms with E-state index in [4.69, 9.17) is 9.57 Å². The van der Waals surface area contributed by atoms with Gasteiger partial charge in [-0.2, -0.15) is 5.06 Å². The van der Waals surface area contributed by atoms with Crippen LogP contribution >= 0.6 is 0 Å². The highest BCUT2D eigenvalue weighted by Gasteiger charge is 2.22. The minimum absolute atomic E-state index is 0.198.